The molecule has 0 aliphatic rings. The lowest BCUT2D eigenvalue weighted by Crippen LogP contribution is -2.14. The van der Waals surface area contributed by atoms with Crippen LogP contribution in [0.15, 0.2) is 89.8 Å². The number of benzene rings is 4. The van der Waals surface area contributed by atoms with Gasteiger partial charge in [0.1, 0.15) is 17.5 Å². The van der Waals surface area contributed by atoms with E-state index in [0.717, 1.165) is 16.6 Å². The molecule has 5 aromatic rings. The topological polar surface area (TPSA) is 81.1 Å². The molecule has 1 N–H and O–H groups in total. The third-order valence-electron chi connectivity index (χ3n) is 6.74. The number of aromatic nitrogens is 2. The predicted octanol–water partition coefficient (Wildman–Crippen LogP) is 6.31. The number of carbonyl (C=O) groups is 1. The molecule has 0 spiro atoms. The Morgan fingerprint density at radius 1 is 0.925 bits per heavy atom. The van der Waals surface area contributed by atoms with E-state index < -0.39 is 21.5 Å². The van der Waals surface area contributed by atoms with E-state index in [1.54, 1.807) is 47.9 Å². The van der Waals surface area contributed by atoms with Gasteiger partial charge in [-0.25, -0.2) is 22.2 Å². The molecular formula is C31H27F2N3O3S. The van der Waals surface area contributed by atoms with Crippen LogP contribution in [0.25, 0.3) is 22.4 Å². The molecule has 40 heavy (non-hydrogen) atoms. The van der Waals surface area contributed by atoms with E-state index in [9.17, 15) is 22.0 Å². The highest BCUT2D eigenvalue weighted by molar-refractivity contribution is 7.91. The van der Waals surface area contributed by atoms with Gasteiger partial charge in [0.05, 0.1) is 34.6 Å². The second kappa shape index (κ2) is 11.0. The zero-order valence-electron chi connectivity index (χ0n) is 22.0. The molecule has 0 radical (unpaired) electrons. The monoisotopic (exact) mass is 559 g/mol. The first-order valence-electron chi connectivity index (χ1n) is 12.8. The summed E-state index contributed by atoms with van der Waals surface area (Å²) in [6.07, 6.45) is 0.0809. The Kier molecular flexibility index (Phi) is 7.49. The van der Waals surface area contributed by atoms with Gasteiger partial charge >= 0.3 is 0 Å². The van der Waals surface area contributed by atoms with Gasteiger partial charge in [-0.2, -0.15) is 0 Å². The lowest BCUT2D eigenvalue weighted by Gasteiger charge is -2.12. The first-order chi connectivity index (χ1) is 19.1. The zero-order chi connectivity index (χ0) is 28.4. The van der Waals surface area contributed by atoms with Crippen LogP contribution in [0.4, 0.5) is 14.5 Å². The summed E-state index contributed by atoms with van der Waals surface area (Å²) in [5, 5.41) is 2.84. The SMILES string of the molecule is CCS(=O)(=O)c1ccc(CC(=O)Nc2ccc(-c3nc4ccc(C)cc4n3Cc3c(F)cccc3F)cc2)cc1. The minimum Gasteiger partial charge on any atom is -0.326 e. The molecule has 0 saturated heterocycles. The van der Waals surface area contributed by atoms with Gasteiger partial charge in [0, 0.05) is 16.8 Å². The first-order valence-corrected chi connectivity index (χ1v) is 14.4. The Morgan fingerprint density at radius 3 is 2.25 bits per heavy atom. The smallest absolute Gasteiger partial charge is 0.228 e. The number of fused-ring (bicyclic) bond motifs is 1. The second-order valence-corrected chi connectivity index (χ2v) is 11.8. The number of nitrogens with zero attached hydrogens (tertiary/aromatic N) is 2. The van der Waals surface area contributed by atoms with Crippen LogP contribution >= 0.6 is 0 Å². The predicted molar refractivity (Wildman–Crippen MR) is 152 cm³/mol. The van der Waals surface area contributed by atoms with Gasteiger partial charge in [0.25, 0.3) is 0 Å². The number of amides is 1. The summed E-state index contributed by atoms with van der Waals surface area (Å²) in [6.45, 7) is 3.49. The Balaban J connectivity index is 1.38. The lowest BCUT2D eigenvalue weighted by atomic mass is 10.1. The fourth-order valence-corrected chi connectivity index (χ4v) is 5.41. The van der Waals surface area contributed by atoms with Crippen molar-refractivity contribution >= 4 is 32.5 Å². The van der Waals surface area contributed by atoms with Crippen molar-refractivity contribution in [1.29, 1.82) is 0 Å². The van der Waals surface area contributed by atoms with Crippen LogP contribution in [0.5, 0.6) is 0 Å². The number of anilines is 1. The molecule has 0 saturated carbocycles. The number of rotatable bonds is 8. The summed E-state index contributed by atoms with van der Waals surface area (Å²) >= 11 is 0. The number of nitrogens with one attached hydrogen (secondary N) is 1. The van der Waals surface area contributed by atoms with Crippen molar-refractivity contribution in [2.45, 2.75) is 31.7 Å². The van der Waals surface area contributed by atoms with Crippen molar-refractivity contribution < 1.29 is 22.0 Å². The summed E-state index contributed by atoms with van der Waals surface area (Å²) < 4.78 is 54.8. The molecule has 5 rings (SSSR count). The first kappa shape index (κ1) is 27.2. The van der Waals surface area contributed by atoms with E-state index in [0.29, 0.717) is 22.6 Å². The van der Waals surface area contributed by atoms with E-state index in [-0.39, 0.29) is 35.1 Å². The van der Waals surface area contributed by atoms with Crippen LogP contribution in [-0.4, -0.2) is 29.6 Å². The molecule has 4 aromatic carbocycles. The van der Waals surface area contributed by atoms with Crippen LogP contribution in [0, 0.1) is 18.6 Å². The van der Waals surface area contributed by atoms with Gasteiger partial charge in [-0.05, 0) is 78.7 Å². The van der Waals surface area contributed by atoms with E-state index in [4.69, 9.17) is 4.98 Å². The quantitative estimate of drug-likeness (QED) is 0.242. The van der Waals surface area contributed by atoms with Gasteiger partial charge < -0.3 is 9.88 Å². The fraction of sp³-hybridized carbons (Fsp3) is 0.161. The van der Waals surface area contributed by atoms with Crippen molar-refractivity contribution in [1.82, 2.24) is 9.55 Å². The molecule has 6 nitrogen and oxygen atoms in total. The standard InChI is InChI=1S/C31H27F2N3O3S/c1-3-40(38,39)24-14-8-21(9-15-24)18-30(37)34-23-12-10-22(11-13-23)31-35-28-16-7-20(2)17-29(28)36(31)19-25-26(32)5-4-6-27(25)33/h4-17H,3,18-19H2,1-2H3,(H,34,37). The minimum absolute atomic E-state index is 0.0127. The summed E-state index contributed by atoms with van der Waals surface area (Å²) in [6, 6.07) is 22.9. The van der Waals surface area contributed by atoms with Gasteiger partial charge in [0.15, 0.2) is 9.84 Å². The molecule has 0 bridgehead atoms. The molecule has 204 valence electrons. The van der Waals surface area contributed by atoms with Crippen LogP contribution in [0.3, 0.4) is 0 Å². The molecule has 9 heteroatoms. The molecule has 1 amide bonds. The van der Waals surface area contributed by atoms with Crippen LogP contribution < -0.4 is 5.32 Å². The molecule has 0 unspecified atom stereocenters. The highest BCUT2D eigenvalue weighted by Gasteiger charge is 2.18. The number of sulfone groups is 1. The highest BCUT2D eigenvalue weighted by Crippen LogP contribution is 2.29. The number of hydrogen-bond donors (Lipinski definition) is 1. The van der Waals surface area contributed by atoms with Crippen LogP contribution in [0.1, 0.15) is 23.6 Å². The summed E-state index contributed by atoms with van der Waals surface area (Å²) in [7, 11) is -3.30. The molecule has 1 aromatic heterocycles. The van der Waals surface area contributed by atoms with Crippen molar-refractivity contribution in [3.8, 4) is 11.4 Å². The maximum atomic E-state index is 14.5. The van der Waals surface area contributed by atoms with Crippen molar-refractivity contribution in [3.05, 3.63) is 113 Å². The van der Waals surface area contributed by atoms with E-state index in [1.807, 2.05) is 25.1 Å². The average molecular weight is 560 g/mol. The Hall–Kier alpha value is -4.37. The van der Waals surface area contributed by atoms with Gasteiger partial charge in [-0.3, -0.25) is 4.79 Å². The van der Waals surface area contributed by atoms with Gasteiger partial charge in [-0.15, -0.1) is 0 Å². The average Bonchev–Trinajstić information content (AvgIpc) is 3.28. The number of halogens is 2. The molecular weight excluding hydrogens is 532 g/mol. The normalized spacial score (nSPS) is 11.6. The lowest BCUT2D eigenvalue weighted by molar-refractivity contribution is -0.115. The molecule has 0 fully saturated rings. The van der Waals surface area contributed by atoms with E-state index in [1.165, 1.54) is 30.3 Å². The largest absolute Gasteiger partial charge is 0.326 e. The van der Waals surface area contributed by atoms with Crippen molar-refractivity contribution in [2.24, 2.45) is 0 Å². The Morgan fingerprint density at radius 2 is 1.60 bits per heavy atom. The second-order valence-electron chi connectivity index (χ2n) is 9.56. The number of aryl methyl sites for hydroxylation is 1. The minimum atomic E-state index is -3.30. The summed E-state index contributed by atoms with van der Waals surface area (Å²) in [5.74, 6) is -0.946. The fourth-order valence-electron chi connectivity index (χ4n) is 4.53. The Labute approximate surface area is 231 Å². The van der Waals surface area contributed by atoms with E-state index >= 15 is 0 Å². The maximum absolute atomic E-state index is 14.5. The molecule has 0 aliphatic heterocycles. The van der Waals surface area contributed by atoms with Gasteiger partial charge in [-0.1, -0.05) is 31.2 Å². The third kappa shape index (κ3) is 5.65. The summed E-state index contributed by atoms with van der Waals surface area (Å²) in [5.41, 5.74) is 4.38. The summed E-state index contributed by atoms with van der Waals surface area (Å²) in [4.78, 5) is 17.6. The maximum Gasteiger partial charge on any atom is 0.228 e. The number of imidazole rings is 1. The van der Waals surface area contributed by atoms with Crippen LogP contribution in [-0.2, 0) is 27.6 Å². The molecule has 1 heterocycles. The van der Waals surface area contributed by atoms with E-state index in [2.05, 4.69) is 5.32 Å². The number of carbonyl (C=O) groups excluding carboxylic acids is 1. The zero-order valence-corrected chi connectivity index (χ0v) is 22.8. The van der Waals surface area contributed by atoms with Crippen molar-refractivity contribution in [3.63, 3.8) is 0 Å². The van der Waals surface area contributed by atoms with Gasteiger partial charge in [0.2, 0.25) is 5.91 Å². The Bertz CT molecular complexity index is 1790. The number of hydrogen-bond acceptors (Lipinski definition) is 4. The third-order valence-corrected chi connectivity index (χ3v) is 8.49. The molecule has 0 aliphatic carbocycles. The van der Waals surface area contributed by atoms with Crippen LogP contribution in [0.2, 0.25) is 0 Å². The molecule has 0 atom stereocenters. The highest BCUT2D eigenvalue weighted by atomic mass is 32.2. The van der Waals surface area contributed by atoms with Crippen molar-refractivity contribution in [2.75, 3.05) is 11.1 Å².